The monoisotopic (exact) mass is 463 g/mol. The summed E-state index contributed by atoms with van der Waals surface area (Å²) in [6.07, 6.45) is 8.97. The van der Waals surface area contributed by atoms with Crippen molar-refractivity contribution in [3.05, 3.63) is 84.8 Å². The van der Waals surface area contributed by atoms with Gasteiger partial charge in [0, 0.05) is 29.3 Å². The topological polar surface area (TPSA) is 69.4 Å². The molecule has 1 atom stereocenters. The number of hydrogen-bond donors (Lipinski definition) is 1. The minimum Gasteiger partial charge on any atom is -0.487 e. The summed E-state index contributed by atoms with van der Waals surface area (Å²) in [5, 5.41) is 11.8. The van der Waals surface area contributed by atoms with Gasteiger partial charge in [0.25, 0.3) is 0 Å². The number of benzene rings is 2. The van der Waals surface area contributed by atoms with Crippen LogP contribution in [0.15, 0.2) is 79.3 Å². The lowest BCUT2D eigenvalue weighted by atomic mass is 10.0. The van der Waals surface area contributed by atoms with Crippen LogP contribution in [0.4, 0.5) is 0 Å². The van der Waals surface area contributed by atoms with Gasteiger partial charge in [-0.15, -0.1) is 5.10 Å². The molecule has 0 radical (unpaired) electrons. The summed E-state index contributed by atoms with van der Waals surface area (Å²) in [4.78, 5) is 3.33. The fourth-order valence-corrected chi connectivity index (χ4v) is 5.10. The van der Waals surface area contributed by atoms with Crippen LogP contribution in [0.5, 0.6) is 5.75 Å². The molecule has 7 heteroatoms. The van der Waals surface area contributed by atoms with E-state index in [4.69, 9.17) is 19.7 Å². The standard InChI is InChI=1S/C28H25N5O2/c1-2-7-19(8-3-1)18-35-20-15-23(21-9-6-10-25-22(21)12-13-29-25)27-24-16-30-33(26-11-4-5-14-34-26)28(24)31-32(27)17-20/h1-3,6-10,12-13,15-17,26,29H,4-5,11,14,18H2. The molecule has 0 saturated carbocycles. The van der Waals surface area contributed by atoms with E-state index in [0.29, 0.717) is 6.61 Å². The van der Waals surface area contributed by atoms with E-state index >= 15 is 0 Å². The summed E-state index contributed by atoms with van der Waals surface area (Å²) >= 11 is 0. The first kappa shape index (κ1) is 20.3. The maximum Gasteiger partial charge on any atom is 0.183 e. The number of fused-ring (bicyclic) bond motifs is 4. The molecule has 0 amide bonds. The van der Waals surface area contributed by atoms with E-state index < -0.39 is 0 Å². The molecule has 1 fully saturated rings. The largest absolute Gasteiger partial charge is 0.487 e. The van der Waals surface area contributed by atoms with Crippen molar-refractivity contribution in [1.29, 1.82) is 0 Å². The van der Waals surface area contributed by atoms with Crippen molar-refractivity contribution < 1.29 is 9.47 Å². The first-order chi connectivity index (χ1) is 17.3. The average Bonchev–Trinajstić information content (AvgIpc) is 3.63. The molecule has 35 heavy (non-hydrogen) atoms. The van der Waals surface area contributed by atoms with Crippen LogP contribution >= 0.6 is 0 Å². The number of pyridine rings is 1. The molecule has 5 heterocycles. The van der Waals surface area contributed by atoms with Gasteiger partial charge in [-0.3, -0.25) is 0 Å². The third-order valence-electron chi connectivity index (χ3n) is 6.81. The predicted molar refractivity (Wildman–Crippen MR) is 135 cm³/mol. The Bertz CT molecular complexity index is 1640. The van der Waals surface area contributed by atoms with Crippen LogP contribution in [0.2, 0.25) is 0 Å². The molecular weight excluding hydrogens is 438 g/mol. The molecular formula is C28H25N5O2. The van der Waals surface area contributed by atoms with Crippen molar-refractivity contribution in [1.82, 2.24) is 24.4 Å². The summed E-state index contributed by atoms with van der Waals surface area (Å²) < 4.78 is 16.2. The molecule has 1 aliphatic heterocycles. The van der Waals surface area contributed by atoms with E-state index in [1.54, 1.807) is 0 Å². The molecule has 174 valence electrons. The van der Waals surface area contributed by atoms with Crippen molar-refractivity contribution in [2.75, 3.05) is 6.61 Å². The van der Waals surface area contributed by atoms with Crippen LogP contribution in [-0.2, 0) is 11.3 Å². The Morgan fingerprint density at radius 2 is 1.94 bits per heavy atom. The van der Waals surface area contributed by atoms with Gasteiger partial charge >= 0.3 is 0 Å². The number of ether oxygens (including phenoxy) is 2. The molecule has 4 aromatic heterocycles. The third-order valence-corrected chi connectivity index (χ3v) is 6.81. The second kappa shape index (κ2) is 8.29. The molecule has 6 aromatic rings. The second-order valence-corrected chi connectivity index (χ2v) is 9.05. The van der Waals surface area contributed by atoms with Gasteiger partial charge in [-0.05, 0) is 48.6 Å². The Morgan fingerprint density at radius 1 is 1.00 bits per heavy atom. The SMILES string of the molecule is c1ccc(COc2cc(-c3cccc4[nH]ccc34)c3c4cnn(C5CCCCO5)c4nn3c2)cc1. The molecule has 7 nitrogen and oxygen atoms in total. The number of nitrogens with one attached hydrogen (secondary N) is 1. The number of rotatable bonds is 5. The maximum atomic E-state index is 6.26. The summed E-state index contributed by atoms with van der Waals surface area (Å²) in [5.74, 6) is 0.766. The Hall–Kier alpha value is -4.10. The van der Waals surface area contributed by atoms with Crippen LogP contribution in [0.3, 0.4) is 0 Å². The predicted octanol–water partition coefficient (Wildman–Crippen LogP) is 6.11. The number of aromatic amines is 1. The Labute approximate surface area is 201 Å². The first-order valence-electron chi connectivity index (χ1n) is 12.1. The Balaban J connectivity index is 1.41. The summed E-state index contributed by atoms with van der Waals surface area (Å²) in [6.45, 7) is 1.25. The van der Waals surface area contributed by atoms with Gasteiger partial charge < -0.3 is 14.5 Å². The zero-order chi connectivity index (χ0) is 23.2. The van der Waals surface area contributed by atoms with Crippen molar-refractivity contribution in [2.45, 2.75) is 32.1 Å². The van der Waals surface area contributed by atoms with Gasteiger partial charge in [0.15, 0.2) is 11.9 Å². The Kier molecular flexibility index (Phi) is 4.80. The van der Waals surface area contributed by atoms with Gasteiger partial charge in [0.1, 0.15) is 12.4 Å². The number of hydrogen-bond acceptors (Lipinski definition) is 4. The minimum absolute atomic E-state index is 0.0727. The normalized spacial score (nSPS) is 16.4. The van der Waals surface area contributed by atoms with E-state index in [-0.39, 0.29) is 6.23 Å². The zero-order valence-electron chi connectivity index (χ0n) is 19.2. The van der Waals surface area contributed by atoms with Crippen LogP contribution in [-0.4, -0.2) is 31.0 Å². The van der Waals surface area contributed by atoms with Crippen LogP contribution < -0.4 is 4.74 Å². The molecule has 2 aromatic carbocycles. The number of H-pyrrole nitrogens is 1. The fourth-order valence-electron chi connectivity index (χ4n) is 5.10. The van der Waals surface area contributed by atoms with Gasteiger partial charge in [-0.2, -0.15) is 5.10 Å². The van der Waals surface area contributed by atoms with Crippen molar-refractivity contribution >= 4 is 27.5 Å². The van der Waals surface area contributed by atoms with Crippen molar-refractivity contribution in [2.24, 2.45) is 0 Å². The minimum atomic E-state index is -0.0727. The van der Waals surface area contributed by atoms with E-state index in [1.807, 2.05) is 46.0 Å². The maximum absolute atomic E-state index is 6.26. The lowest BCUT2D eigenvalue weighted by Crippen LogP contribution is -2.19. The molecule has 1 aliphatic rings. The van der Waals surface area contributed by atoms with E-state index in [9.17, 15) is 0 Å². The Morgan fingerprint density at radius 3 is 2.83 bits per heavy atom. The van der Waals surface area contributed by atoms with Gasteiger partial charge in [-0.1, -0.05) is 42.5 Å². The summed E-state index contributed by atoms with van der Waals surface area (Å²) in [6, 6.07) is 20.8. The average molecular weight is 464 g/mol. The third kappa shape index (κ3) is 3.47. The van der Waals surface area contributed by atoms with Gasteiger partial charge in [0.2, 0.25) is 0 Å². The smallest absolute Gasteiger partial charge is 0.183 e. The lowest BCUT2D eigenvalue weighted by Gasteiger charge is -2.22. The van der Waals surface area contributed by atoms with E-state index in [1.165, 1.54) is 0 Å². The first-order valence-corrected chi connectivity index (χ1v) is 12.1. The van der Waals surface area contributed by atoms with Gasteiger partial charge in [0.05, 0.1) is 23.3 Å². The molecule has 1 unspecified atom stereocenters. The van der Waals surface area contributed by atoms with Crippen LogP contribution in [0.1, 0.15) is 31.1 Å². The number of nitrogens with zero attached hydrogens (tertiary/aromatic N) is 4. The molecule has 0 bridgehead atoms. The van der Waals surface area contributed by atoms with Gasteiger partial charge in [-0.25, -0.2) is 9.20 Å². The quantitative estimate of drug-likeness (QED) is 0.335. The number of aromatic nitrogens is 5. The highest BCUT2D eigenvalue weighted by molar-refractivity contribution is 6.06. The molecule has 7 rings (SSSR count). The highest BCUT2D eigenvalue weighted by Crippen LogP contribution is 2.38. The van der Waals surface area contributed by atoms with E-state index in [0.717, 1.165) is 75.8 Å². The van der Waals surface area contributed by atoms with Crippen molar-refractivity contribution in [3.8, 4) is 16.9 Å². The zero-order valence-corrected chi connectivity index (χ0v) is 19.2. The summed E-state index contributed by atoms with van der Waals surface area (Å²) in [5.41, 5.74) is 6.26. The highest BCUT2D eigenvalue weighted by atomic mass is 16.5. The lowest BCUT2D eigenvalue weighted by molar-refractivity contribution is -0.0370. The van der Waals surface area contributed by atoms with Crippen molar-refractivity contribution in [3.63, 3.8) is 0 Å². The summed E-state index contributed by atoms with van der Waals surface area (Å²) in [7, 11) is 0. The van der Waals surface area contributed by atoms with Crippen LogP contribution in [0.25, 0.3) is 38.6 Å². The second-order valence-electron chi connectivity index (χ2n) is 9.05. The molecule has 0 spiro atoms. The van der Waals surface area contributed by atoms with E-state index in [2.05, 4.69) is 47.4 Å². The molecule has 0 aliphatic carbocycles. The molecule has 1 saturated heterocycles. The molecule has 1 N–H and O–H groups in total. The fraction of sp³-hybridized carbons (Fsp3) is 0.214. The van der Waals surface area contributed by atoms with Crippen LogP contribution in [0, 0.1) is 0 Å². The highest BCUT2D eigenvalue weighted by Gasteiger charge is 2.23.